The van der Waals surface area contributed by atoms with Crippen molar-refractivity contribution in [1.82, 2.24) is 15.2 Å². The standard InChI is InChI=1S/C14H25N3O/c1-4-17-6-5-12(10-17)8-14-16-9-13(18-14)7-11(2)15-3/h9,11-12,15H,4-8,10H2,1-3H3. The Morgan fingerprint density at radius 1 is 1.61 bits per heavy atom. The van der Waals surface area contributed by atoms with E-state index in [1.165, 1.54) is 19.5 Å². The van der Waals surface area contributed by atoms with Crippen LogP contribution in [0, 0.1) is 5.92 Å². The Balaban J connectivity index is 1.83. The molecule has 2 unspecified atom stereocenters. The molecule has 0 aromatic carbocycles. The third-order valence-electron chi connectivity index (χ3n) is 3.88. The highest BCUT2D eigenvalue weighted by atomic mass is 16.4. The van der Waals surface area contributed by atoms with E-state index >= 15 is 0 Å². The lowest BCUT2D eigenvalue weighted by Crippen LogP contribution is -2.23. The second-order valence-electron chi connectivity index (χ2n) is 5.37. The minimum Gasteiger partial charge on any atom is -0.446 e. The SMILES string of the molecule is CCN1CCC(Cc2ncc(CC(C)NC)o2)C1. The summed E-state index contributed by atoms with van der Waals surface area (Å²) in [6.07, 6.45) is 5.06. The zero-order chi connectivity index (χ0) is 13.0. The fraction of sp³-hybridized carbons (Fsp3) is 0.786. The summed E-state index contributed by atoms with van der Waals surface area (Å²) >= 11 is 0. The molecule has 1 fully saturated rings. The molecule has 1 aromatic rings. The highest BCUT2D eigenvalue weighted by Crippen LogP contribution is 2.20. The summed E-state index contributed by atoms with van der Waals surface area (Å²) in [5, 5.41) is 3.21. The summed E-state index contributed by atoms with van der Waals surface area (Å²) in [6, 6.07) is 0.438. The van der Waals surface area contributed by atoms with Crippen molar-refractivity contribution in [2.45, 2.75) is 39.2 Å². The highest BCUT2D eigenvalue weighted by Gasteiger charge is 2.23. The molecule has 2 rings (SSSR count). The van der Waals surface area contributed by atoms with Crippen LogP contribution in [-0.4, -0.2) is 42.6 Å². The molecule has 102 valence electrons. The maximum atomic E-state index is 5.82. The number of rotatable bonds is 6. The van der Waals surface area contributed by atoms with Gasteiger partial charge in [-0.2, -0.15) is 0 Å². The predicted octanol–water partition coefficient (Wildman–Crippen LogP) is 1.71. The van der Waals surface area contributed by atoms with Crippen LogP contribution in [0.15, 0.2) is 10.6 Å². The largest absolute Gasteiger partial charge is 0.446 e. The normalized spacial score (nSPS) is 22.5. The van der Waals surface area contributed by atoms with Gasteiger partial charge < -0.3 is 14.6 Å². The Bertz CT molecular complexity index is 364. The first kappa shape index (κ1) is 13.6. The summed E-state index contributed by atoms with van der Waals surface area (Å²) in [7, 11) is 1.97. The number of likely N-dealkylation sites (N-methyl/N-ethyl adjacent to an activating group) is 1. The van der Waals surface area contributed by atoms with Gasteiger partial charge in [-0.1, -0.05) is 6.92 Å². The molecule has 4 heteroatoms. The molecular weight excluding hydrogens is 226 g/mol. The Kier molecular flexibility index (Phi) is 4.78. The predicted molar refractivity (Wildman–Crippen MR) is 72.7 cm³/mol. The zero-order valence-corrected chi connectivity index (χ0v) is 11.8. The number of hydrogen-bond acceptors (Lipinski definition) is 4. The maximum Gasteiger partial charge on any atom is 0.194 e. The summed E-state index contributed by atoms with van der Waals surface area (Å²) < 4.78 is 5.82. The van der Waals surface area contributed by atoms with Crippen molar-refractivity contribution >= 4 is 0 Å². The van der Waals surface area contributed by atoms with Crippen molar-refractivity contribution in [2.24, 2.45) is 5.92 Å². The first-order valence-electron chi connectivity index (χ1n) is 7.04. The molecule has 0 saturated carbocycles. The minimum absolute atomic E-state index is 0.438. The van der Waals surface area contributed by atoms with E-state index in [1.54, 1.807) is 0 Å². The van der Waals surface area contributed by atoms with Gasteiger partial charge in [0.15, 0.2) is 5.89 Å². The second-order valence-corrected chi connectivity index (χ2v) is 5.37. The Hall–Kier alpha value is -0.870. The third kappa shape index (κ3) is 3.56. The summed E-state index contributed by atoms with van der Waals surface area (Å²) in [5.41, 5.74) is 0. The van der Waals surface area contributed by atoms with E-state index in [2.05, 4.69) is 29.0 Å². The highest BCUT2D eigenvalue weighted by molar-refractivity contribution is 4.98. The van der Waals surface area contributed by atoms with Crippen molar-refractivity contribution < 1.29 is 4.42 Å². The van der Waals surface area contributed by atoms with Gasteiger partial charge >= 0.3 is 0 Å². The molecule has 0 radical (unpaired) electrons. The van der Waals surface area contributed by atoms with Crippen LogP contribution in [-0.2, 0) is 12.8 Å². The molecule has 0 bridgehead atoms. The molecular formula is C14H25N3O. The summed E-state index contributed by atoms with van der Waals surface area (Å²) in [6.45, 7) is 7.96. The van der Waals surface area contributed by atoms with E-state index in [4.69, 9.17) is 4.42 Å². The van der Waals surface area contributed by atoms with Crippen LogP contribution in [0.2, 0.25) is 0 Å². The van der Waals surface area contributed by atoms with Gasteiger partial charge in [-0.3, -0.25) is 0 Å². The smallest absolute Gasteiger partial charge is 0.194 e. The van der Waals surface area contributed by atoms with Crippen LogP contribution in [0.1, 0.15) is 31.9 Å². The first-order valence-corrected chi connectivity index (χ1v) is 7.04. The van der Waals surface area contributed by atoms with Crippen LogP contribution in [0.3, 0.4) is 0 Å². The lowest BCUT2D eigenvalue weighted by atomic mass is 10.1. The second kappa shape index (κ2) is 6.34. The van der Waals surface area contributed by atoms with E-state index in [0.717, 1.165) is 37.0 Å². The molecule has 4 nitrogen and oxygen atoms in total. The van der Waals surface area contributed by atoms with E-state index in [1.807, 2.05) is 13.2 Å². The van der Waals surface area contributed by atoms with Crippen molar-refractivity contribution in [1.29, 1.82) is 0 Å². The zero-order valence-electron chi connectivity index (χ0n) is 11.8. The number of nitrogens with zero attached hydrogens (tertiary/aromatic N) is 2. The fourth-order valence-electron chi connectivity index (χ4n) is 2.55. The molecule has 0 amide bonds. The van der Waals surface area contributed by atoms with Gasteiger partial charge in [-0.15, -0.1) is 0 Å². The van der Waals surface area contributed by atoms with Crippen LogP contribution in [0.4, 0.5) is 0 Å². The van der Waals surface area contributed by atoms with Crippen molar-refractivity contribution in [3.05, 3.63) is 17.8 Å². The van der Waals surface area contributed by atoms with Gasteiger partial charge in [0, 0.05) is 25.4 Å². The maximum absolute atomic E-state index is 5.82. The Morgan fingerprint density at radius 3 is 3.11 bits per heavy atom. The van der Waals surface area contributed by atoms with Gasteiger partial charge in [0.1, 0.15) is 5.76 Å². The molecule has 1 aromatic heterocycles. The first-order chi connectivity index (χ1) is 8.71. The van der Waals surface area contributed by atoms with Gasteiger partial charge in [0.25, 0.3) is 0 Å². The molecule has 1 N–H and O–H groups in total. The number of nitrogens with one attached hydrogen (secondary N) is 1. The number of aromatic nitrogens is 1. The number of hydrogen-bond donors (Lipinski definition) is 1. The fourth-order valence-corrected chi connectivity index (χ4v) is 2.55. The molecule has 1 aliphatic heterocycles. The molecule has 1 aliphatic rings. The van der Waals surface area contributed by atoms with Gasteiger partial charge in [0.2, 0.25) is 0 Å². The van der Waals surface area contributed by atoms with E-state index in [9.17, 15) is 0 Å². The topological polar surface area (TPSA) is 41.3 Å². The van der Waals surface area contributed by atoms with Crippen LogP contribution in [0.5, 0.6) is 0 Å². The Labute approximate surface area is 110 Å². The van der Waals surface area contributed by atoms with Gasteiger partial charge in [-0.05, 0) is 39.4 Å². The lowest BCUT2D eigenvalue weighted by molar-refractivity contribution is 0.333. The average molecular weight is 251 g/mol. The minimum atomic E-state index is 0.438. The number of oxazole rings is 1. The van der Waals surface area contributed by atoms with Gasteiger partial charge in [-0.25, -0.2) is 4.98 Å². The van der Waals surface area contributed by atoms with E-state index < -0.39 is 0 Å². The van der Waals surface area contributed by atoms with Crippen molar-refractivity contribution in [2.75, 3.05) is 26.7 Å². The van der Waals surface area contributed by atoms with Crippen LogP contribution >= 0.6 is 0 Å². The van der Waals surface area contributed by atoms with Gasteiger partial charge in [0.05, 0.1) is 6.20 Å². The third-order valence-corrected chi connectivity index (χ3v) is 3.88. The lowest BCUT2D eigenvalue weighted by Gasteiger charge is -2.11. The summed E-state index contributed by atoms with van der Waals surface area (Å²) in [4.78, 5) is 6.90. The molecule has 0 spiro atoms. The quantitative estimate of drug-likeness (QED) is 0.835. The van der Waals surface area contributed by atoms with Crippen molar-refractivity contribution in [3.8, 4) is 0 Å². The monoisotopic (exact) mass is 251 g/mol. The average Bonchev–Trinajstić information content (AvgIpc) is 2.99. The van der Waals surface area contributed by atoms with E-state index in [0.29, 0.717) is 6.04 Å². The van der Waals surface area contributed by atoms with E-state index in [-0.39, 0.29) is 0 Å². The Morgan fingerprint density at radius 2 is 2.44 bits per heavy atom. The molecule has 0 aliphatic carbocycles. The molecule has 2 atom stereocenters. The van der Waals surface area contributed by atoms with Crippen LogP contribution in [0.25, 0.3) is 0 Å². The van der Waals surface area contributed by atoms with Crippen molar-refractivity contribution in [3.63, 3.8) is 0 Å². The molecule has 1 saturated heterocycles. The summed E-state index contributed by atoms with van der Waals surface area (Å²) in [5.74, 6) is 2.63. The van der Waals surface area contributed by atoms with Crippen LogP contribution < -0.4 is 5.32 Å². The molecule has 18 heavy (non-hydrogen) atoms. The molecule has 2 heterocycles. The number of likely N-dealkylation sites (tertiary alicyclic amines) is 1.